The Bertz CT molecular complexity index is 407. The van der Waals surface area contributed by atoms with Crippen LogP contribution in [0.1, 0.15) is 37.3 Å². The molecule has 1 aliphatic carbocycles. The third-order valence-electron chi connectivity index (χ3n) is 3.69. The molecule has 0 bridgehead atoms. The van der Waals surface area contributed by atoms with Crippen LogP contribution in [-0.2, 0) is 0 Å². The summed E-state index contributed by atoms with van der Waals surface area (Å²) < 4.78 is 6.22. The molecule has 19 heavy (non-hydrogen) atoms. The monoisotopic (exact) mass is 326 g/mol. The lowest BCUT2D eigenvalue weighted by molar-refractivity contribution is 0.411. The van der Waals surface area contributed by atoms with Gasteiger partial charge in [-0.25, -0.2) is 0 Å². The summed E-state index contributed by atoms with van der Waals surface area (Å²) in [5, 5.41) is 3.55. The molecule has 1 aromatic rings. The highest BCUT2D eigenvalue weighted by molar-refractivity contribution is 9.10. The minimum atomic E-state index is 0.224. The second-order valence-electron chi connectivity index (χ2n) is 5.22. The van der Waals surface area contributed by atoms with Gasteiger partial charge in [0.25, 0.3) is 0 Å². The highest BCUT2D eigenvalue weighted by Crippen LogP contribution is 2.33. The molecular weight excluding hydrogens is 304 g/mol. The summed E-state index contributed by atoms with van der Waals surface area (Å²) in [6.07, 6.45) is 5.48. The second kappa shape index (κ2) is 7.27. The summed E-state index contributed by atoms with van der Waals surface area (Å²) in [6.45, 7) is 1.66. The molecule has 1 atom stereocenters. The fourth-order valence-electron chi connectivity index (χ4n) is 2.31. The molecule has 1 aromatic carbocycles. The number of benzene rings is 1. The summed E-state index contributed by atoms with van der Waals surface area (Å²) >= 11 is 3.52. The highest BCUT2D eigenvalue weighted by Gasteiger charge is 2.20. The van der Waals surface area contributed by atoms with Crippen molar-refractivity contribution in [1.29, 1.82) is 0 Å². The number of halogens is 1. The molecule has 3 nitrogen and oxygen atoms in total. The Kier molecular flexibility index (Phi) is 5.67. The van der Waals surface area contributed by atoms with Crippen molar-refractivity contribution in [3.63, 3.8) is 0 Å². The Morgan fingerprint density at radius 3 is 2.84 bits per heavy atom. The summed E-state index contributed by atoms with van der Waals surface area (Å²) in [4.78, 5) is 0. The Morgan fingerprint density at radius 2 is 2.26 bits per heavy atom. The minimum Gasteiger partial charge on any atom is -0.496 e. The number of hydrogen-bond donors (Lipinski definition) is 2. The lowest BCUT2D eigenvalue weighted by atomic mass is 10.1. The maximum atomic E-state index is 5.87. The zero-order valence-electron chi connectivity index (χ0n) is 11.5. The van der Waals surface area contributed by atoms with Gasteiger partial charge in [0.1, 0.15) is 5.75 Å². The average Bonchev–Trinajstić information content (AvgIpc) is 3.23. The normalized spacial score (nSPS) is 16.4. The van der Waals surface area contributed by atoms with Gasteiger partial charge in [0.15, 0.2) is 0 Å². The van der Waals surface area contributed by atoms with E-state index >= 15 is 0 Å². The topological polar surface area (TPSA) is 47.3 Å². The van der Waals surface area contributed by atoms with Crippen LogP contribution in [0.25, 0.3) is 0 Å². The second-order valence-corrected chi connectivity index (χ2v) is 6.08. The smallest absolute Gasteiger partial charge is 0.133 e. The van der Waals surface area contributed by atoms with E-state index in [0.717, 1.165) is 22.7 Å². The summed E-state index contributed by atoms with van der Waals surface area (Å²) in [7, 11) is 1.68. The number of hydrogen-bond acceptors (Lipinski definition) is 3. The van der Waals surface area contributed by atoms with E-state index in [4.69, 9.17) is 10.5 Å². The van der Waals surface area contributed by atoms with Crippen LogP contribution in [0.15, 0.2) is 22.7 Å². The van der Waals surface area contributed by atoms with Gasteiger partial charge in [0.2, 0.25) is 0 Å². The van der Waals surface area contributed by atoms with Gasteiger partial charge in [-0.1, -0.05) is 18.9 Å². The molecule has 1 unspecified atom stereocenters. The van der Waals surface area contributed by atoms with Gasteiger partial charge < -0.3 is 15.8 Å². The van der Waals surface area contributed by atoms with E-state index < -0.39 is 0 Å². The van der Waals surface area contributed by atoms with Gasteiger partial charge in [0, 0.05) is 12.6 Å². The Labute approximate surface area is 124 Å². The van der Waals surface area contributed by atoms with Crippen molar-refractivity contribution in [3.8, 4) is 5.75 Å². The molecule has 0 aliphatic heterocycles. The molecule has 0 radical (unpaired) electrons. The molecular formula is C15H23BrN2O. The molecule has 1 aliphatic rings. The third-order valence-corrected chi connectivity index (χ3v) is 4.31. The van der Waals surface area contributed by atoms with Gasteiger partial charge in [-0.05, 0) is 58.9 Å². The maximum Gasteiger partial charge on any atom is 0.133 e. The van der Waals surface area contributed by atoms with Crippen LogP contribution in [0.5, 0.6) is 5.75 Å². The lowest BCUT2D eigenvalue weighted by Crippen LogP contribution is -2.29. The van der Waals surface area contributed by atoms with Crippen molar-refractivity contribution in [1.82, 2.24) is 5.32 Å². The van der Waals surface area contributed by atoms with Gasteiger partial charge in [0.05, 0.1) is 11.6 Å². The van der Waals surface area contributed by atoms with Crippen LogP contribution in [0.3, 0.4) is 0 Å². The largest absolute Gasteiger partial charge is 0.496 e. The SMILES string of the molecule is COc1ccc(C(CN)NCCCC2CC2)cc1Br. The van der Waals surface area contributed by atoms with E-state index in [-0.39, 0.29) is 6.04 Å². The van der Waals surface area contributed by atoms with Crippen LogP contribution in [-0.4, -0.2) is 20.2 Å². The first-order valence-corrected chi connectivity index (χ1v) is 7.80. The number of ether oxygens (including phenoxy) is 1. The van der Waals surface area contributed by atoms with Crippen LogP contribution < -0.4 is 15.8 Å². The van der Waals surface area contributed by atoms with E-state index in [2.05, 4.69) is 33.4 Å². The molecule has 0 saturated heterocycles. The van der Waals surface area contributed by atoms with Gasteiger partial charge in [-0.3, -0.25) is 0 Å². The first-order valence-electron chi connectivity index (χ1n) is 7.01. The molecule has 0 spiro atoms. The molecule has 0 amide bonds. The van der Waals surface area contributed by atoms with E-state index in [1.165, 1.54) is 31.2 Å². The first kappa shape index (κ1) is 14.8. The quantitative estimate of drug-likeness (QED) is 0.721. The number of nitrogens with one attached hydrogen (secondary N) is 1. The molecule has 3 N–H and O–H groups in total. The van der Waals surface area contributed by atoms with Crippen molar-refractivity contribution in [2.75, 3.05) is 20.2 Å². The molecule has 1 fully saturated rings. The fourth-order valence-corrected chi connectivity index (χ4v) is 2.87. The molecule has 0 aromatic heterocycles. The van der Waals surface area contributed by atoms with Gasteiger partial charge in [-0.2, -0.15) is 0 Å². The highest BCUT2D eigenvalue weighted by atomic mass is 79.9. The predicted octanol–water partition coefficient (Wildman–Crippen LogP) is 3.24. The minimum absolute atomic E-state index is 0.224. The van der Waals surface area contributed by atoms with Crippen LogP contribution in [0.2, 0.25) is 0 Å². The Hall–Kier alpha value is -0.580. The van der Waals surface area contributed by atoms with Crippen molar-refractivity contribution >= 4 is 15.9 Å². The zero-order chi connectivity index (χ0) is 13.7. The van der Waals surface area contributed by atoms with Crippen molar-refractivity contribution < 1.29 is 4.74 Å². The van der Waals surface area contributed by atoms with E-state index in [9.17, 15) is 0 Å². The predicted molar refractivity (Wildman–Crippen MR) is 82.5 cm³/mol. The van der Waals surface area contributed by atoms with Crippen molar-refractivity contribution in [2.45, 2.75) is 31.7 Å². The van der Waals surface area contributed by atoms with Crippen molar-refractivity contribution in [2.24, 2.45) is 11.7 Å². The van der Waals surface area contributed by atoms with Crippen LogP contribution in [0.4, 0.5) is 0 Å². The summed E-state index contributed by atoms with van der Waals surface area (Å²) in [6, 6.07) is 6.37. The van der Waals surface area contributed by atoms with Crippen LogP contribution in [0, 0.1) is 5.92 Å². The third kappa shape index (κ3) is 4.48. The molecule has 106 valence electrons. The Morgan fingerprint density at radius 1 is 1.47 bits per heavy atom. The van der Waals surface area contributed by atoms with E-state index in [1.54, 1.807) is 7.11 Å². The van der Waals surface area contributed by atoms with Crippen molar-refractivity contribution in [3.05, 3.63) is 28.2 Å². The fraction of sp³-hybridized carbons (Fsp3) is 0.600. The average molecular weight is 327 g/mol. The number of methoxy groups -OCH3 is 1. The number of rotatable bonds is 8. The molecule has 1 saturated carbocycles. The number of nitrogens with two attached hydrogens (primary N) is 1. The molecule has 2 rings (SSSR count). The first-order chi connectivity index (χ1) is 9.24. The summed E-state index contributed by atoms with van der Waals surface area (Å²) in [5.74, 6) is 1.86. The van der Waals surface area contributed by atoms with E-state index in [1.807, 2.05) is 6.07 Å². The zero-order valence-corrected chi connectivity index (χ0v) is 13.1. The standard InChI is InChI=1S/C15H23BrN2O/c1-19-15-7-6-12(9-13(15)16)14(10-17)18-8-2-3-11-4-5-11/h6-7,9,11,14,18H,2-5,8,10,17H2,1H3. The molecule has 0 heterocycles. The van der Waals surface area contributed by atoms with Gasteiger partial charge in [-0.15, -0.1) is 0 Å². The summed E-state index contributed by atoms with van der Waals surface area (Å²) in [5.41, 5.74) is 7.08. The lowest BCUT2D eigenvalue weighted by Gasteiger charge is -2.18. The van der Waals surface area contributed by atoms with Crippen LogP contribution >= 0.6 is 15.9 Å². The Balaban J connectivity index is 1.86. The van der Waals surface area contributed by atoms with Gasteiger partial charge >= 0.3 is 0 Å². The van der Waals surface area contributed by atoms with E-state index in [0.29, 0.717) is 6.54 Å². The maximum absolute atomic E-state index is 5.87. The molecule has 4 heteroatoms.